The fraction of sp³-hybridized carbons (Fsp3) is 0.300. The summed E-state index contributed by atoms with van der Waals surface area (Å²) in [5.74, 6) is 0.955. The number of nitrogens with zero attached hydrogens (tertiary/aromatic N) is 4. The average Bonchev–Trinajstić information content (AvgIpc) is 3.22. The molecule has 32 heavy (non-hydrogen) atoms. The summed E-state index contributed by atoms with van der Waals surface area (Å²) >= 11 is 0. The summed E-state index contributed by atoms with van der Waals surface area (Å²) in [6, 6.07) is 4.16. The molecule has 0 bridgehead atoms. The Hall–Kier alpha value is -3.18. The molecule has 4 rings (SSSR count). The van der Waals surface area contributed by atoms with Gasteiger partial charge in [-0.1, -0.05) is 16.4 Å². The highest BCUT2D eigenvalue weighted by Crippen LogP contribution is 2.24. The van der Waals surface area contributed by atoms with Crippen LogP contribution in [0.5, 0.6) is 0 Å². The molecule has 12 heteroatoms. The Morgan fingerprint density at radius 1 is 0.906 bits per heavy atom. The van der Waals surface area contributed by atoms with Gasteiger partial charge in [0.05, 0.1) is 40.3 Å². The van der Waals surface area contributed by atoms with Crippen LogP contribution in [0.15, 0.2) is 41.7 Å². The number of hydrogen-bond acceptors (Lipinski definition) is 8. The fourth-order valence-corrected chi connectivity index (χ4v) is 4.76. The molecule has 10 nitrogen and oxygen atoms in total. The van der Waals surface area contributed by atoms with Gasteiger partial charge in [-0.05, 0) is 39.8 Å². The van der Waals surface area contributed by atoms with Crippen LogP contribution in [0.3, 0.4) is 0 Å². The first kappa shape index (κ1) is 22.0. The first-order valence-electron chi connectivity index (χ1n) is 9.55. The van der Waals surface area contributed by atoms with E-state index in [1.165, 1.54) is 22.8 Å². The molecule has 0 fully saturated rings. The van der Waals surface area contributed by atoms with Gasteiger partial charge in [0.25, 0.3) is 14.6 Å². The van der Waals surface area contributed by atoms with Crippen LogP contribution in [-0.2, 0) is 22.1 Å². The molecule has 0 spiro atoms. The summed E-state index contributed by atoms with van der Waals surface area (Å²) in [7, 11) is 1.35. The van der Waals surface area contributed by atoms with Gasteiger partial charge >= 0.3 is 5.69 Å². The van der Waals surface area contributed by atoms with Crippen molar-refractivity contribution in [2.75, 3.05) is 0 Å². The van der Waals surface area contributed by atoms with Crippen molar-refractivity contribution in [3.05, 3.63) is 73.1 Å². The van der Waals surface area contributed by atoms with Crippen molar-refractivity contribution >= 4 is 30.6 Å². The van der Waals surface area contributed by atoms with Gasteiger partial charge in [0.2, 0.25) is 0 Å². The minimum Gasteiger partial charge on any atom is -0.361 e. The maximum absolute atomic E-state index is 13.5. The SMILES string of the molecule is Cc1noc(C)c1Cn1c(=O)c2c(S(=O)(=O)Cl)cccc2n(Cc2c(C)noc2C)c1=O. The molecule has 0 aliphatic heterocycles. The van der Waals surface area contributed by atoms with Crippen LogP contribution in [0.4, 0.5) is 0 Å². The molecule has 168 valence electrons. The summed E-state index contributed by atoms with van der Waals surface area (Å²) < 4.78 is 37.1. The van der Waals surface area contributed by atoms with Gasteiger partial charge in [-0.25, -0.2) is 13.2 Å². The summed E-state index contributed by atoms with van der Waals surface area (Å²) in [6.07, 6.45) is 0. The quantitative estimate of drug-likeness (QED) is 0.399. The fourth-order valence-electron chi connectivity index (χ4n) is 3.70. The van der Waals surface area contributed by atoms with E-state index in [0.717, 1.165) is 4.57 Å². The zero-order valence-electron chi connectivity index (χ0n) is 17.7. The zero-order chi connectivity index (χ0) is 23.4. The zero-order valence-corrected chi connectivity index (χ0v) is 19.2. The van der Waals surface area contributed by atoms with Crippen LogP contribution < -0.4 is 11.2 Å². The Labute approximate surface area is 186 Å². The Bertz CT molecular complexity index is 1550. The smallest absolute Gasteiger partial charge is 0.332 e. The third kappa shape index (κ3) is 3.56. The molecule has 0 aliphatic rings. The lowest BCUT2D eigenvalue weighted by atomic mass is 10.1. The molecule has 0 saturated heterocycles. The molecular formula is C20H19ClN4O6S. The van der Waals surface area contributed by atoms with Crippen LogP contribution in [-0.4, -0.2) is 27.9 Å². The van der Waals surface area contributed by atoms with Crippen molar-refractivity contribution in [2.45, 2.75) is 45.7 Å². The largest absolute Gasteiger partial charge is 0.361 e. The van der Waals surface area contributed by atoms with E-state index in [0.29, 0.717) is 34.0 Å². The molecule has 0 N–H and O–H groups in total. The number of benzene rings is 1. The topological polar surface area (TPSA) is 130 Å². The molecule has 3 aromatic heterocycles. The van der Waals surface area contributed by atoms with Gasteiger partial charge in [0.1, 0.15) is 11.5 Å². The number of halogens is 1. The molecule has 0 amide bonds. The third-order valence-corrected chi connectivity index (χ3v) is 6.84. The number of fused-ring (bicyclic) bond motifs is 1. The van der Waals surface area contributed by atoms with Crippen LogP contribution >= 0.6 is 10.7 Å². The molecule has 3 heterocycles. The van der Waals surface area contributed by atoms with Gasteiger partial charge in [0, 0.05) is 21.8 Å². The lowest BCUT2D eigenvalue weighted by Crippen LogP contribution is -2.41. The third-order valence-electron chi connectivity index (χ3n) is 5.47. The second kappa shape index (κ2) is 7.75. The number of rotatable bonds is 5. The van der Waals surface area contributed by atoms with Gasteiger partial charge in [-0.3, -0.25) is 13.9 Å². The number of aromatic nitrogens is 4. The van der Waals surface area contributed by atoms with E-state index in [2.05, 4.69) is 10.3 Å². The lowest BCUT2D eigenvalue weighted by Gasteiger charge is -2.15. The van der Waals surface area contributed by atoms with E-state index in [-0.39, 0.29) is 28.9 Å². The molecule has 0 atom stereocenters. The van der Waals surface area contributed by atoms with Crippen molar-refractivity contribution in [1.82, 2.24) is 19.4 Å². The Kier molecular flexibility index (Phi) is 5.33. The van der Waals surface area contributed by atoms with E-state index in [1.54, 1.807) is 27.7 Å². The van der Waals surface area contributed by atoms with Gasteiger partial charge < -0.3 is 9.05 Å². The van der Waals surface area contributed by atoms with Crippen LogP contribution in [0, 0.1) is 27.7 Å². The van der Waals surface area contributed by atoms with E-state index in [9.17, 15) is 18.0 Å². The minimum absolute atomic E-state index is 0.0180. The number of aryl methyl sites for hydroxylation is 4. The molecule has 0 radical (unpaired) electrons. The predicted molar refractivity (Wildman–Crippen MR) is 116 cm³/mol. The number of hydrogen-bond donors (Lipinski definition) is 0. The highest BCUT2D eigenvalue weighted by molar-refractivity contribution is 8.14. The molecule has 0 unspecified atom stereocenters. The lowest BCUT2D eigenvalue weighted by molar-refractivity contribution is 0.391. The highest BCUT2D eigenvalue weighted by atomic mass is 35.7. The maximum atomic E-state index is 13.5. The Morgan fingerprint density at radius 3 is 1.91 bits per heavy atom. The summed E-state index contributed by atoms with van der Waals surface area (Å²) in [4.78, 5) is 26.5. The Balaban J connectivity index is 2.10. The van der Waals surface area contributed by atoms with Gasteiger partial charge in [-0.2, -0.15) is 0 Å². The first-order valence-corrected chi connectivity index (χ1v) is 11.9. The summed E-state index contributed by atoms with van der Waals surface area (Å²) in [6.45, 7) is 6.66. The molecule has 0 saturated carbocycles. The summed E-state index contributed by atoms with van der Waals surface area (Å²) in [5.41, 5.74) is 1.02. The predicted octanol–water partition coefficient (Wildman–Crippen LogP) is 2.40. The molecule has 0 aliphatic carbocycles. The minimum atomic E-state index is -4.27. The summed E-state index contributed by atoms with van der Waals surface area (Å²) in [5, 5.41) is 7.59. The molecule has 4 aromatic rings. The van der Waals surface area contributed by atoms with Gasteiger partial charge in [-0.15, -0.1) is 0 Å². The van der Waals surface area contributed by atoms with E-state index in [1.807, 2.05) is 0 Å². The van der Waals surface area contributed by atoms with E-state index >= 15 is 0 Å². The van der Waals surface area contributed by atoms with Crippen LogP contribution in [0.2, 0.25) is 0 Å². The Morgan fingerprint density at radius 2 is 1.44 bits per heavy atom. The monoisotopic (exact) mass is 478 g/mol. The first-order chi connectivity index (χ1) is 15.0. The van der Waals surface area contributed by atoms with Gasteiger partial charge in [0.15, 0.2) is 0 Å². The standard InChI is InChI=1S/C20H19ClN4O6S/c1-10-14(12(3)30-22-10)8-24-16-6-5-7-17(32(21,28)29)18(16)19(26)25(20(24)27)9-15-11(2)23-31-13(15)4/h5-7H,8-9H2,1-4H3. The maximum Gasteiger partial charge on any atom is 0.332 e. The van der Waals surface area contributed by atoms with Crippen LogP contribution in [0.25, 0.3) is 10.9 Å². The second-order valence-electron chi connectivity index (χ2n) is 7.45. The van der Waals surface area contributed by atoms with E-state index < -0.39 is 20.3 Å². The van der Waals surface area contributed by atoms with Crippen molar-refractivity contribution < 1.29 is 17.5 Å². The van der Waals surface area contributed by atoms with Crippen molar-refractivity contribution in [3.63, 3.8) is 0 Å². The normalized spacial score (nSPS) is 12.0. The van der Waals surface area contributed by atoms with E-state index in [4.69, 9.17) is 19.7 Å². The average molecular weight is 479 g/mol. The van der Waals surface area contributed by atoms with Crippen LogP contribution in [0.1, 0.15) is 34.0 Å². The van der Waals surface area contributed by atoms with Crippen molar-refractivity contribution in [1.29, 1.82) is 0 Å². The van der Waals surface area contributed by atoms with Crippen molar-refractivity contribution in [2.24, 2.45) is 0 Å². The molecule has 1 aromatic carbocycles. The molecular weight excluding hydrogens is 460 g/mol. The van der Waals surface area contributed by atoms with Crippen molar-refractivity contribution in [3.8, 4) is 0 Å². The second-order valence-corrected chi connectivity index (χ2v) is 9.99. The highest BCUT2D eigenvalue weighted by Gasteiger charge is 2.24.